The number of methoxy groups -OCH3 is 1. The molecule has 0 amide bonds. The van der Waals surface area contributed by atoms with E-state index in [2.05, 4.69) is 32.2 Å². The van der Waals surface area contributed by atoms with Crippen molar-refractivity contribution in [2.45, 2.75) is 39.3 Å². The van der Waals surface area contributed by atoms with Crippen LogP contribution in [-0.2, 0) is 9.53 Å². The van der Waals surface area contributed by atoms with Crippen LogP contribution in [0.15, 0.2) is 12.1 Å². The van der Waals surface area contributed by atoms with Crippen LogP contribution in [0.5, 0.6) is 5.75 Å². The molecule has 1 saturated heterocycles. The number of aryl methyl sites for hydroxylation is 2. The molecule has 1 heterocycles. The zero-order chi connectivity index (χ0) is 14.0. The molecule has 2 atom stereocenters. The molecule has 4 nitrogen and oxygen atoms in total. The van der Waals surface area contributed by atoms with Crippen LogP contribution in [0, 0.1) is 20.8 Å². The molecule has 2 rings (SSSR count). The van der Waals surface area contributed by atoms with E-state index in [1.54, 1.807) is 0 Å². The summed E-state index contributed by atoms with van der Waals surface area (Å²) >= 11 is 0. The zero-order valence-corrected chi connectivity index (χ0v) is 11.9. The first-order valence-electron chi connectivity index (χ1n) is 6.57. The van der Waals surface area contributed by atoms with Gasteiger partial charge < -0.3 is 14.8 Å². The van der Waals surface area contributed by atoms with Crippen molar-refractivity contribution in [2.24, 2.45) is 0 Å². The molecule has 0 saturated carbocycles. The predicted octanol–water partition coefficient (Wildman–Crippen LogP) is 1.89. The van der Waals surface area contributed by atoms with Gasteiger partial charge in [0.2, 0.25) is 0 Å². The van der Waals surface area contributed by atoms with Crippen LogP contribution in [0.1, 0.15) is 23.1 Å². The van der Waals surface area contributed by atoms with Crippen LogP contribution in [-0.4, -0.2) is 31.8 Å². The van der Waals surface area contributed by atoms with Gasteiger partial charge in [-0.05, 0) is 43.5 Å². The van der Waals surface area contributed by atoms with Crippen molar-refractivity contribution in [1.82, 2.24) is 5.32 Å². The molecule has 0 unspecified atom stereocenters. The second kappa shape index (κ2) is 5.61. The summed E-state index contributed by atoms with van der Waals surface area (Å²) in [5, 5.41) is 3.13. The molecular formula is C15H21NO3. The summed E-state index contributed by atoms with van der Waals surface area (Å²) in [6.45, 7) is 6.87. The maximum atomic E-state index is 11.4. The summed E-state index contributed by atoms with van der Waals surface area (Å²) in [4.78, 5) is 11.4. The lowest BCUT2D eigenvalue weighted by atomic mass is 10.1. The lowest BCUT2D eigenvalue weighted by molar-refractivity contribution is -0.142. The fraction of sp³-hybridized carbons (Fsp3) is 0.533. The molecular weight excluding hydrogens is 242 g/mol. The number of rotatable bonds is 3. The first-order chi connectivity index (χ1) is 9.01. The van der Waals surface area contributed by atoms with Crippen molar-refractivity contribution < 1.29 is 14.3 Å². The van der Waals surface area contributed by atoms with Crippen LogP contribution in [0.4, 0.5) is 0 Å². The minimum absolute atomic E-state index is 0.0176. The highest BCUT2D eigenvalue weighted by Gasteiger charge is 2.31. The molecule has 19 heavy (non-hydrogen) atoms. The third-order valence-electron chi connectivity index (χ3n) is 3.63. The predicted molar refractivity (Wildman–Crippen MR) is 73.5 cm³/mol. The van der Waals surface area contributed by atoms with E-state index in [9.17, 15) is 4.79 Å². The first-order valence-corrected chi connectivity index (χ1v) is 6.57. The summed E-state index contributed by atoms with van der Waals surface area (Å²) in [6.07, 6.45) is 0.669. The zero-order valence-electron chi connectivity index (χ0n) is 11.9. The summed E-state index contributed by atoms with van der Waals surface area (Å²) < 4.78 is 10.8. The Bertz CT molecular complexity index is 485. The van der Waals surface area contributed by atoms with E-state index >= 15 is 0 Å². The Kier molecular flexibility index (Phi) is 4.10. The third kappa shape index (κ3) is 3.07. The van der Waals surface area contributed by atoms with Gasteiger partial charge in [0.1, 0.15) is 17.9 Å². The minimum Gasteiger partial charge on any atom is -0.489 e. The Morgan fingerprint density at radius 3 is 2.74 bits per heavy atom. The Labute approximate surface area is 114 Å². The lowest BCUT2D eigenvalue weighted by Gasteiger charge is -2.17. The van der Waals surface area contributed by atoms with Gasteiger partial charge in [-0.25, -0.2) is 0 Å². The molecule has 104 valence electrons. The third-order valence-corrected chi connectivity index (χ3v) is 3.63. The molecule has 1 N–H and O–H groups in total. The standard InChI is InChI=1S/C15H21NO3/c1-9-5-10(2)11(3)14(6-9)19-12-7-13(16-8-12)15(17)18-4/h5-6,12-13,16H,7-8H2,1-4H3/t12-,13+/m1/s1. The molecule has 1 fully saturated rings. The topological polar surface area (TPSA) is 47.6 Å². The van der Waals surface area contributed by atoms with Gasteiger partial charge in [-0.1, -0.05) is 6.07 Å². The lowest BCUT2D eigenvalue weighted by Crippen LogP contribution is -2.31. The van der Waals surface area contributed by atoms with Gasteiger partial charge >= 0.3 is 5.97 Å². The highest BCUT2D eigenvalue weighted by atomic mass is 16.5. The van der Waals surface area contributed by atoms with Crippen molar-refractivity contribution >= 4 is 5.97 Å². The van der Waals surface area contributed by atoms with E-state index in [1.165, 1.54) is 18.2 Å². The number of esters is 1. The molecule has 1 aliphatic rings. The molecule has 4 heteroatoms. The largest absolute Gasteiger partial charge is 0.489 e. The summed E-state index contributed by atoms with van der Waals surface area (Å²) in [5.74, 6) is 0.693. The number of ether oxygens (including phenoxy) is 2. The maximum absolute atomic E-state index is 11.4. The highest BCUT2D eigenvalue weighted by Crippen LogP contribution is 2.26. The maximum Gasteiger partial charge on any atom is 0.323 e. The van der Waals surface area contributed by atoms with Gasteiger partial charge in [0.25, 0.3) is 0 Å². The molecule has 0 bridgehead atoms. The van der Waals surface area contributed by atoms with Crippen molar-refractivity contribution in [3.63, 3.8) is 0 Å². The summed E-state index contributed by atoms with van der Waals surface area (Å²) in [7, 11) is 1.41. The molecule has 0 aromatic heterocycles. The summed E-state index contributed by atoms with van der Waals surface area (Å²) in [6, 6.07) is 3.95. The number of carbonyl (C=O) groups excluding carboxylic acids is 1. The number of benzene rings is 1. The normalized spacial score (nSPS) is 22.3. The number of hydrogen-bond donors (Lipinski definition) is 1. The van der Waals surface area contributed by atoms with E-state index in [4.69, 9.17) is 9.47 Å². The molecule has 0 radical (unpaired) electrons. The molecule has 0 aliphatic carbocycles. The van der Waals surface area contributed by atoms with Gasteiger partial charge in [0, 0.05) is 13.0 Å². The van der Waals surface area contributed by atoms with E-state index in [0.717, 1.165) is 11.3 Å². The van der Waals surface area contributed by atoms with E-state index in [1.807, 2.05) is 6.07 Å². The van der Waals surface area contributed by atoms with Crippen molar-refractivity contribution in [3.05, 3.63) is 28.8 Å². The van der Waals surface area contributed by atoms with Gasteiger partial charge in [0.05, 0.1) is 7.11 Å². The second-order valence-corrected chi connectivity index (χ2v) is 5.16. The van der Waals surface area contributed by atoms with Crippen LogP contribution in [0.3, 0.4) is 0 Å². The minimum atomic E-state index is -0.249. The molecule has 1 aromatic carbocycles. The monoisotopic (exact) mass is 263 g/mol. The Balaban J connectivity index is 2.05. The van der Waals surface area contributed by atoms with Gasteiger partial charge in [0.15, 0.2) is 0 Å². The Hall–Kier alpha value is -1.55. The van der Waals surface area contributed by atoms with Crippen LogP contribution in [0.2, 0.25) is 0 Å². The molecule has 1 aliphatic heterocycles. The van der Waals surface area contributed by atoms with Gasteiger partial charge in [-0.2, -0.15) is 0 Å². The number of carbonyl (C=O) groups is 1. The smallest absolute Gasteiger partial charge is 0.323 e. The molecule has 1 aromatic rings. The fourth-order valence-electron chi connectivity index (χ4n) is 2.42. The van der Waals surface area contributed by atoms with E-state index < -0.39 is 0 Å². The molecule has 0 spiro atoms. The van der Waals surface area contributed by atoms with Crippen LogP contribution < -0.4 is 10.1 Å². The quantitative estimate of drug-likeness (QED) is 0.846. The number of hydrogen-bond acceptors (Lipinski definition) is 4. The van der Waals surface area contributed by atoms with Gasteiger partial charge in [-0.3, -0.25) is 4.79 Å². The van der Waals surface area contributed by atoms with Crippen molar-refractivity contribution in [3.8, 4) is 5.75 Å². The Morgan fingerprint density at radius 2 is 2.05 bits per heavy atom. The summed E-state index contributed by atoms with van der Waals surface area (Å²) in [5.41, 5.74) is 3.58. The fourth-order valence-corrected chi connectivity index (χ4v) is 2.42. The first kappa shape index (κ1) is 13.9. The van der Waals surface area contributed by atoms with Crippen molar-refractivity contribution in [2.75, 3.05) is 13.7 Å². The van der Waals surface area contributed by atoms with Crippen LogP contribution in [0.25, 0.3) is 0 Å². The average molecular weight is 263 g/mol. The Morgan fingerprint density at radius 1 is 1.32 bits per heavy atom. The second-order valence-electron chi connectivity index (χ2n) is 5.16. The van der Waals surface area contributed by atoms with E-state index in [-0.39, 0.29) is 18.1 Å². The highest BCUT2D eigenvalue weighted by molar-refractivity contribution is 5.76. The SMILES string of the molecule is COC(=O)[C@@H]1C[C@@H](Oc2cc(C)cc(C)c2C)CN1. The number of nitrogens with one attached hydrogen (secondary N) is 1. The average Bonchev–Trinajstić information content (AvgIpc) is 2.83. The van der Waals surface area contributed by atoms with Gasteiger partial charge in [-0.15, -0.1) is 0 Å². The van der Waals surface area contributed by atoms with Crippen molar-refractivity contribution in [1.29, 1.82) is 0 Å². The van der Waals surface area contributed by atoms with E-state index in [0.29, 0.717) is 13.0 Å². The van der Waals surface area contributed by atoms with Crippen LogP contribution >= 0.6 is 0 Å².